The number of rotatable bonds is 3. The average Bonchev–Trinajstić information content (AvgIpc) is 2.80. The van der Waals surface area contributed by atoms with Gasteiger partial charge in [0.1, 0.15) is 0 Å². The van der Waals surface area contributed by atoms with Crippen LogP contribution in [0.25, 0.3) is 12.2 Å². The van der Waals surface area contributed by atoms with E-state index >= 15 is 0 Å². The maximum Gasteiger partial charge on any atom is 0.214 e. The molecule has 0 amide bonds. The second-order valence-electron chi connectivity index (χ2n) is 3.15. The van der Waals surface area contributed by atoms with Gasteiger partial charge in [-0.25, -0.2) is 0 Å². The standard InChI is InChI=1S/C11H10N2O2S/c1-16(14)10-5-2-9(3-6-10)4-7-11-12-8-15-13-11/h2-8H,1H3/b7-4-. The van der Waals surface area contributed by atoms with Gasteiger partial charge in [-0.1, -0.05) is 23.4 Å². The monoisotopic (exact) mass is 234 g/mol. The lowest BCUT2D eigenvalue weighted by Crippen LogP contribution is -1.86. The first-order valence-electron chi connectivity index (χ1n) is 4.63. The highest BCUT2D eigenvalue weighted by Crippen LogP contribution is 2.10. The Kier molecular flexibility index (Phi) is 3.26. The fraction of sp³-hybridized carbons (Fsp3) is 0.0909. The molecule has 0 aliphatic carbocycles. The van der Waals surface area contributed by atoms with E-state index in [-0.39, 0.29) is 0 Å². The minimum Gasteiger partial charge on any atom is -0.342 e. The lowest BCUT2D eigenvalue weighted by molar-refractivity contribution is 0.415. The second kappa shape index (κ2) is 4.85. The highest BCUT2D eigenvalue weighted by atomic mass is 32.2. The van der Waals surface area contributed by atoms with Crippen molar-refractivity contribution >= 4 is 23.0 Å². The molecule has 0 saturated heterocycles. The lowest BCUT2D eigenvalue weighted by Gasteiger charge is -1.96. The predicted octanol–water partition coefficient (Wildman–Crippen LogP) is 1.98. The summed E-state index contributed by atoms with van der Waals surface area (Å²) in [5.41, 5.74) is 0.999. The van der Waals surface area contributed by atoms with Crippen molar-refractivity contribution in [3.63, 3.8) is 0 Å². The summed E-state index contributed by atoms with van der Waals surface area (Å²) in [6, 6.07) is 7.47. The summed E-state index contributed by atoms with van der Waals surface area (Å²) in [7, 11) is -0.934. The van der Waals surface area contributed by atoms with Gasteiger partial charge >= 0.3 is 0 Å². The fourth-order valence-electron chi connectivity index (χ4n) is 1.19. The summed E-state index contributed by atoms with van der Waals surface area (Å²) in [6.07, 6.45) is 6.56. The van der Waals surface area contributed by atoms with Crippen LogP contribution in [0.4, 0.5) is 0 Å². The SMILES string of the molecule is CS(=O)c1ccc(/C=C\c2ncon2)cc1. The van der Waals surface area contributed by atoms with Gasteiger partial charge in [0.25, 0.3) is 0 Å². The quantitative estimate of drug-likeness (QED) is 0.814. The Labute approximate surface area is 95.5 Å². The van der Waals surface area contributed by atoms with Gasteiger partial charge in [-0.15, -0.1) is 0 Å². The van der Waals surface area contributed by atoms with Gasteiger partial charge in [0.2, 0.25) is 6.39 Å². The maximum atomic E-state index is 11.2. The molecule has 0 aliphatic rings. The molecule has 16 heavy (non-hydrogen) atoms. The average molecular weight is 234 g/mol. The summed E-state index contributed by atoms with van der Waals surface area (Å²) in [5, 5.41) is 3.66. The van der Waals surface area contributed by atoms with Crippen molar-refractivity contribution in [2.24, 2.45) is 0 Å². The molecule has 1 atom stereocenters. The van der Waals surface area contributed by atoms with Crippen molar-refractivity contribution in [1.82, 2.24) is 10.1 Å². The van der Waals surface area contributed by atoms with Crippen LogP contribution in [0, 0.1) is 0 Å². The number of nitrogens with zero attached hydrogens (tertiary/aromatic N) is 2. The van der Waals surface area contributed by atoms with E-state index in [4.69, 9.17) is 0 Å². The minimum atomic E-state index is -0.934. The van der Waals surface area contributed by atoms with Crippen LogP contribution in [0.3, 0.4) is 0 Å². The van der Waals surface area contributed by atoms with Crippen LogP contribution >= 0.6 is 0 Å². The molecule has 1 unspecified atom stereocenters. The molecule has 0 radical (unpaired) electrons. The largest absolute Gasteiger partial charge is 0.342 e. The lowest BCUT2D eigenvalue weighted by atomic mass is 10.2. The Bertz CT molecular complexity index is 503. The summed E-state index contributed by atoms with van der Waals surface area (Å²) < 4.78 is 15.8. The van der Waals surface area contributed by atoms with Gasteiger partial charge in [-0.05, 0) is 23.8 Å². The maximum absolute atomic E-state index is 11.2. The van der Waals surface area contributed by atoms with E-state index in [9.17, 15) is 4.21 Å². The first-order valence-corrected chi connectivity index (χ1v) is 6.19. The van der Waals surface area contributed by atoms with Crippen molar-refractivity contribution in [1.29, 1.82) is 0 Å². The van der Waals surface area contributed by atoms with Crippen LogP contribution in [0.1, 0.15) is 11.4 Å². The molecular weight excluding hydrogens is 224 g/mol. The third kappa shape index (κ3) is 2.64. The summed E-state index contributed by atoms with van der Waals surface area (Å²) in [5.74, 6) is 0.531. The molecule has 1 aromatic heterocycles. The number of hydrogen-bond donors (Lipinski definition) is 0. The van der Waals surface area contributed by atoms with Crippen LogP contribution in [0.2, 0.25) is 0 Å². The van der Waals surface area contributed by atoms with E-state index in [2.05, 4.69) is 14.7 Å². The molecule has 0 N–H and O–H groups in total. The minimum absolute atomic E-state index is 0.531. The first-order chi connectivity index (χ1) is 7.75. The molecule has 0 saturated carbocycles. The Morgan fingerprint density at radius 1 is 1.25 bits per heavy atom. The zero-order valence-electron chi connectivity index (χ0n) is 8.66. The van der Waals surface area contributed by atoms with Crippen molar-refractivity contribution in [3.8, 4) is 0 Å². The molecule has 5 heteroatoms. The molecular formula is C11H10N2O2S. The molecule has 0 bridgehead atoms. The fourth-order valence-corrected chi connectivity index (χ4v) is 1.71. The first kappa shape index (κ1) is 10.8. The third-order valence-corrected chi connectivity index (χ3v) is 2.95. The van der Waals surface area contributed by atoms with E-state index in [0.717, 1.165) is 10.5 Å². The Morgan fingerprint density at radius 3 is 2.56 bits per heavy atom. The number of benzene rings is 1. The van der Waals surface area contributed by atoms with Crippen LogP contribution in [0.15, 0.2) is 40.1 Å². The normalized spacial score (nSPS) is 13.1. The van der Waals surface area contributed by atoms with Gasteiger partial charge in [0.15, 0.2) is 5.82 Å². The zero-order valence-corrected chi connectivity index (χ0v) is 9.48. The van der Waals surface area contributed by atoms with Gasteiger partial charge in [-0.2, -0.15) is 4.98 Å². The smallest absolute Gasteiger partial charge is 0.214 e. The molecule has 1 heterocycles. The van der Waals surface area contributed by atoms with E-state index < -0.39 is 10.8 Å². The van der Waals surface area contributed by atoms with Gasteiger partial charge in [0.05, 0.1) is 0 Å². The molecule has 1 aromatic carbocycles. The zero-order chi connectivity index (χ0) is 11.4. The van der Waals surface area contributed by atoms with Crippen molar-refractivity contribution < 1.29 is 8.73 Å². The van der Waals surface area contributed by atoms with Crippen LogP contribution in [-0.4, -0.2) is 20.6 Å². The van der Waals surface area contributed by atoms with Crippen molar-refractivity contribution in [3.05, 3.63) is 42.0 Å². The highest BCUT2D eigenvalue weighted by molar-refractivity contribution is 7.84. The predicted molar refractivity (Wildman–Crippen MR) is 62.0 cm³/mol. The van der Waals surface area contributed by atoms with Gasteiger partial charge in [0, 0.05) is 22.0 Å². The van der Waals surface area contributed by atoms with E-state index in [1.165, 1.54) is 6.39 Å². The Hall–Kier alpha value is -1.75. The van der Waals surface area contributed by atoms with E-state index in [0.29, 0.717) is 5.82 Å². The summed E-state index contributed by atoms with van der Waals surface area (Å²) >= 11 is 0. The van der Waals surface area contributed by atoms with Crippen LogP contribution in [-0.2, 0) is 10.8 Å². The van der Waals surface area contributed by atoms with Crippen LogP contribution < -0.4 is 0 Å². The molecule has 0 spiro atoms. The summed E-state index contributed by atoms with van der Waals surface area (Å²) in [6.45, 7) is 0. The van der Waals surface area contributed by atoms with Gasteiger partial charge < -0.3 is 4.52 Å². The topological polar surface area (TPSA) is 56.0 Å². The number of hydrogen-bond acceptors (Lipinski definition) is 4. The molecule has 0 aliphatic heterocycles. The summed E-state index contributed by atoms with van der Waals surface area (Å²) in [4.78, 5) is 4.68. The van der Waals surface area contributed by atoms with Crippen molar-refractivity contribution in [2.45, 2.75) is 4.90 Å². The molecule has 2 aromatic rings. The van der Waals surface area contributed by atoms with Crippen molar-refractivity contribution in [2.75, 3.05) is 6.26 Å². The van der Waals surface area contributed by atoms with Crippen LogP contribution in [0.5, 0.6) is 0 Å². The highest BCUT2D eigenvalue weighted by Gasteiger charge is 1.96. The molecule has 0 fully saturated rings. The van der Waals surface area contributed by atoms with Gasteiger partial charge in [-0.3, -0.25) is 4.21 Å². The Morgan fingerprint density at radius 2 is 2.00 bits per heavy atom. The van der Waals surface area contributed by atoms with E-state index in [1.807, 2.05) is 30.3 Å². The van der Waals surface area contributed by atoms with E-state index in [1.54, 1.807) is 12.3 Å². The molecule has 2 rings (SSSR count). The number of aromatic nitrogens is 2. The molecule has 4 nitrogen and oxygen atoms in total. The Balaban J connectivity index is 2.14. The second-order valence-corrected chi connectivity index (χ2v) is 4.53. The molecule has 82 valence electrons. The third-order valence-electron chi connectivity index (χ3n) is 2.02.